The Labute approximate surface area is 106 Å². The summed E-state index contributed by atoms with van der Waals surface area (Å²) in [5.74, 6) is 0.839. The lowest BCUT2D eigenvalue weighted by Crippen LogP contribution is -2.20. The topological polar surface area (TPSA) is 73.3 Å². The van der Waals surface area contributed by atoms with E-state index in [4.69, 9.17) is 15.6 Å². The number of para-hydroxylation sites is 1. The number of imidazole rings is 1. The molecule has 0 aliphatic heterocycles. The quantitative estimate of drug-likeness (QED) is 0.797. The van der Waals surface area contributed by atoms with Gasteiger partial charge in [-0.15, -0.1) is 0 Å². The highest BCUT2D eigenvalue weighted by atomic mass is 16.5. The van der Waals surface area contributed by atoms with Crippen LogP contribution in [0.1, 0.15) is 11.7 Å². The minimum Gasteiger partial charge on any atom is -0.492 e. The predicted octanol–water partition coefficient (Wildman–Crippen LogP) is 0.954. The minimum atomic E-state index is -0.399. The van der Waals surface area contributed by atoms with E-state index in [1.165, 1.54) is 0 Å². The molecule has 1 atom stereocenters. The van der Waals surface area contributed by atoms with Crippen molar-refractivity contribution in [2.24, 2.45) is 5.73 Å². The fourth-order valence-corrected chi connectivity index (χ4v) is 1.70. The molecule has 5 heteroatoms. The van der Waals surface area contributed by atoms with Crippen LogP contribution in [-0.4, -0.2) is 27.9 Å². The molecule has 2 rings (SSSR count). The summed E-state index contributed by atoms with van der Waals surface area (Å²) in [6.07, 6.45) is 3.36. The van der Waals surface area contributed by atoms with Gasteiger partial charge in [0.05, 0.1) is 31.2 Å². The highest BCUT2D eigenvalue weighted by molar-refractivity contribution is 5.20. The molecule has 0 fully saturated rings. The highest BCUT2D eigenvalue weighted by Crippen LogP contribution is 2.11. The third kappa shape index (κ3) is 3.09. The molecule has 0 aliphatic rings. The molecule has 5 nitrogen and oxygen atoms in total. The molecule has 18 heavy (non-hydrogen) atoms. The normalized spacial score (nSPS) is 12.3. The first-order chi connectivity index (χ1) is 8.81. The molecule has 96 valence electrons. The average molecular weight is 247 g/mol. The van der Waals surface area contributed by atoms with Crippen molar-refractivity contribution in [3.63, 3.8) is 0 Å². The summed E-state index contributed by atoms with van der Waals surface area (Å²) in [4.78, 5) is 4.03. The van der Waals surface area contributed by atoms with Crippen molar-refractivity contribution < 1.29 is 9.84 Å². The van der Waals surface area contributed by atoms with Gasteiger partial charge in [0, 0.05) is 6.20 Å². The molecule has 0 saturated carbocycles. The van der Waals surface area contributed by atoms with E-state index < -0.39 is 6.04 Å². The van der Waals surface area contributed by atoms with E-state index in [9.17, 15) is 0 Å². The van der Waals surface area contributed by atoms with Gasteiger partial charge in [0.2, 0.25) is 0 Å². The van der Waals surface area contributed by atoms with Crippen LogP contribution in [0.5, 0.6) is 5.75 Å². The molecule has 1 heterocycles. The summed E-state index contributed by atoms with van der Waals surface area (Å²) in [6, 6.07) is 9.23. The highest BCUT2D eigenvalue weighted by Gasteiger charge is 2.09. The summed E-state index contributed by atoms with van der Waals surface area (Å²) < 4.78 is 7.49. The zero-order chi connectivity index (χ0) is 12.8. The Morgan fingerprint density at radius 1 is 1.33 bits per heavy atom. The summed E-state index contributed by atoms with van der Waals surface area (Å²) in [5.41, 5.74) is 6.58. The number of hydrogen-bond acceptors (Lipinski definition) is 4. The van der Waals surface area contributed by atoms with Crippen LogP contribution in [0.15, 0.2) is 42.9 Å². The number of rotatable bonds is 6. The summed E-state index contributed by atoms with van der Waals surface area (Å²) in [6.45, 7) is 1.09. The van der Waals surface area contributed by atoms with Gasteiger partial charge in [-0.2, -0.15) is 0 Å². The number of ether oxygens (including phenoxy) is 1. The Morgan fingerprint density at radius 2 is 2.11 bits per heavy atom. The van der Waals surface area contributed by atoms with Crippen molar-refractivity contribution in [1.82, 2.24) is 9.55 Å². The first-order valence-electron chi connectivity index (χ1n) is 5.85. The molecule has 0 spiro atoms. The molecule has 0 radical (unpaired) electrons. The Balaban J connectivity index is 1.89. The van der Waals surface area contributed by atoms with Crippen LogP contribution in [0.25, 0.3) is 0 Å². The van der Waals surface area contributed by atoms with Crippen molar-refractivity contribution in [2.45, 2.75) is 12.6 Å². The molecule has 3 N–H and O–H groups in total. The third-order valence-electron chi connectivity index (χ3n) is 2.67. The number of aromatic nitrogens is 2. The number of hydrogen-bond donors (Lipinski definition) is 2. The van der Waals surface area contributed by atoms with Crippen LogP contribution >= 0.6 is 0 Å². The van der Waals surface area contributed by atoms with Gasteiger partial charge in [-0.05, 0) is 12.1 Å². The van der Waals surface area contributed by atoms with Crippen LogP contribution < -0.4 is 10.5 Å². The van der Waals surface area contributed by atoms with Crippen LogP contribution in [0.4, 0.5) is 0 Å². The largest absolute Gasteiger partial charge is 0.492 e. The van der Waals surface area contributed by atoms with Crippen LogP contribution in [0.3, 0.4) is 0 Å². The molecule has 2 aromatic rings. The van der Waals surface area contributed by atoms with Crippen LogP contribution in [-0.2, 0) is 6.54 Å². The monoisotopic (exact) mass is 247 g/mol. The van der Waals surface area contributed by atoms with E-state index in [-0.39, 0.29) is 6.61 Å². The molecule has 0 amide bonds. The van der Waals surface area contributed by atoms with E-state index in [1.807, 2.05) is 34.9 Å². The molecule has 1 aromatic carbocycles. The lowest BCUT2D eigenvalue weighted by atomic mass is 10.2. The number of nitrogens with two attached hydrogens (primary N) is 1. The average Bonchev–Trinajstić information content (AvgIpc) is 2.87. The zero-order valence-electron chi connectivity index (χ0n) is 10.1. The van der Waals surface area contributed by atoms with Crippen molar-refractivity contribution >= 4 is 0 Å². The molecule has 1 aromatic heterocycles. The lowest BCUT2D eigenvalue weighted by Gasteiger charge is -2.13. The molecule has 0 bridgehead atoms. The van der Waals surface area contributed by atoms with Crippen LogP contribution in [0.2, 0.25) is 0 Å². The number of aliphatic hydroxyl groups is 1. The molecule has 1 unspecified atom stereocenters. The zero-order valence-corrected chi connectivity index (χ0v) is 10.1. The minimum absolute atomic E-state index is 0.0920. The van der Waals surface area contributed by atoms with Gasteiger partial charge in [-0.1, -0.05) is 18.2 Å². The fourth-order valence-electron chi connectivity index (χ4n) is 1.70. The van der Waals surface area contributed by atoms with E-state index >= 15 is 0 Å². The Hall–Kier alpha value is -1.85. The van der Waals surface area contributed by atoms with Gasteiger partial charge in [0.25, 0.3) is 0 Å². The summed E-state index contributed by atoms with van der Waals surface area (Å²) in [5, 5.41) is 9.04. The second-order valence-corrected chi connectivity index (χ2v) is 3.96. The van der Waals surface area contributed by atoms with Crippen molar-refractivity contribution in [3.05, 3.63) is 48.5 Å². The number of aliphatic hydroxyl groups excluding tert-OH is 1. The molecule has 0 saturated heterocycles. The second-order valence-electron chi connectivity index (χ2n) is 3.96. The Kier molecular flexibility index (Phi) is 4.33. The first-order valence-corrected chi connectivity index (χ1v) is 5.85. The predicted molar refractivity (Wildman–Crippen MR) is 68.2 cm³/mol. The van der Waals surface area contributed by atoms with E-state index in [0.29, 0.717) is 13.2 Å². The Morgan fingerprint density at radius 3 is 2.83 bits per heavy atom. The van der Waals surface area contributed by atoms with E-state index in [1.54, 1.807) is 12.5 Å². The molecular weight excluding hydrogens is 230 g/mol. The van der Waals surface area contributed by atoms with Gasteiger partial charge < -0.3 is 20.1 Å². The standard InChI is InChI=1S/C13H17N3O2/c14-12(9-17)13-8-15-10-16(13)6-7-18-11-4-2-1-3-5-11/h1-5,8,10,12,17H,6-7,9,14H2. The molecular formula is C13H17N3O2. The maximum absolute atomic E-state index is 9.04. The number of benzene rings is 1. The number of nitrogens with zero attached hydrogens (tertiary/aromatic N) is 2. The van der Waals surface area contributed by atoms with Gasteiger partial charge >= 0.3 is 0 Å². The third-order valence-corrected chi connectivity index (χ3v) is 2.67. The van der Waals surface area contributed by atoms with Gasteiger partial charge in [-0.3, -0.25) is 0 Å². The van der Waals surface area contributed by atoms with E-state index in [2.05, 4.69) is 4.98 Å². The van der Waals surface area contributed by atoms with Crippen molar-refractivity contribution in [3.8, 4) is 5.75 Å². The fraction of sp³-hybridized carbons (Fsp3) is 0.308. The maximum atomic E-state index is 9.04. The summed E-state index contributed by atoms with van der Waals surface area (Å²) >= 11 is 0. The first kappa shape index (κ1) is 12.6. The Bertz CT molecular complexity index is 470. The smallest absolute Gasteiger partial charge is 0.119 e. The molecule has 0 aliphatic carbocycles. The maximum Gasteiger partial charge on any atom is 0.119 e. The van der Waals surface area contributed by atoms with Crippen molar-refractivity contribution in [1.29, 1.82) is 0 Å². The van der Waals surface area contributed by atoms with Gasteiger partial charge in [-0.25, -0.2) is 4.98 Å². The van der Waals surface area contributed by atoms with Gasteiger partial charge in [0.15, 0.2) is 0 Å². The van der Waals surface area contributed by atoms with Crippen LogP contribution in [0, 0.1) is 0 Å². The van der Waals surface area contributed by atoms with Crippen molar-refractivity contribution in [2.75, 3.05) is 13.2 Å². The van der Waals surface area contributed by atoms with E-state index in [0.717, 1.165) is 11.4 Å². The SMILES string of the molecule is NC(CO)c1cncn1CCOc1ccccc1. The second kappa shape index (κ2) is 6.18. The summed E-state index contributed by atoms with van der Waals surface area (Å²) in [7, 11) is 0. The lowest BCUT2D eigenvalue weighted by molar-refractivity contribution is 0.257. The van der Waals surface area contributed by atoms with Gasteiger partial charge in [0.1, 0.15) is 12.4 Å².